The van der Waals surface area contributed by atoms with Crippen LogP contribution in [0.2, 0.25) is 0 Å². The van der Waals surface area contributed by atoms with Crippen LogP contribution in [0.3, 0.4) is 0 Å². The Balaban J connectivity index is 2.43. The van der Waals surface area contributed by atoms with Crippen LogP contribution in [-0.4, -0.2) is 11.9 Å². The molecule has 94 valence electrons. The largest absolute Gasteiger partial charge is 0.399 e. The van der Waals surface area contributed by atoms with Gasteiger partial charge in [-0.3, -0.25) is 4.79 Å². The summed E-state index contributed by atoms with van der Waals surface area (Å²) in [5.74, 6) is 0.309. The van der Waals surface area contributed by atoms with E-state index in [2.05, 4.69) is 5.32 Å². The second kappa shape index (κ2) is 6.25. The van der Waals surface area contributed by atoms with Gasteiger partial charge in [0.25, 0.3) is 0 Å². The monoisotopic (exact) mass is 235 g/mol. The number of nitrogens with one attached hydrogen (secondary N) is 1. The van der Waals surface area contributed by atoms with E-state index in [1.54, 1.807) is 0 Å². The van der Waals surface area contributed by atoms with Gasteiger partial charge in [-0.15, -0.1) is 0 Å². The summed E-state index contributed by atoms with van der Waals surface area (Å²) >= 11 is 0. The average Bonchev–Trinajstić information content (AvgIpc) is 2.25. The number of carbonyl (C=O) groups is 1. The Morgan fingerprint density at radius 1 is 1.41 bits per heavy atom. The van der Waals surface area contributed by atoms with E-state index in [1.165, 1.54) is 0 Å². The molecule has 0 bridgehead atoms. The number of anilines is 1. The van der Waals surface area contributed by atoms with E-state index in [-0.39, 0.29) is 5.91 Å². The van der Waals surface area contributed by atoms with Crippen LogP contribution in [-0.2, 0) is 11.3 Å². The lowest BCUT2D eigenvalue weighted by Crippen LogP contribution is -2.41. The fraction of sp³-hybridized carbons (Fsp3) is 0.462. The van der Waals surface area contributed by atoms with Crippen molar-refractivity contribution in [1.82, 2.24) is 5.32 Å². The molecule has 1 amide bonds. The van der Waals surface area contributed by atoms with Crippen molar-refractivity contribution in [2.75, 3.05) is 5.73 Å². The molecule has 0 saturated heterocycles. The molecule has 1 aromatic rings. The number of nitrogens with two attached hydrogens (primary N) is 2. The molecule has 1 rings (SSSR count). The van der Waals surface area contributed by atoms with E-state index in [4.69, 9.17) is 11.5 Å². The number of amides is 1. The van der Waals surface area contributed by atoms with Gasteiger partial charge in [-0.2, -0.15) is 0 Å². The Kier molecular flexibility index (Phi) is 4.97. The van der Waals surface area contributed by atoms with Gasteiger partial charge in [0.15, 0.2) is 0 Å². The number of benzene rings is 1. The molecule has 0 unspecified atom stereocenters. The van der Waals surface area contributed by atoms with Gasteiger partial charge in [-0.05, 0) is 30.0 Å². The molecule has 0 aliphatic rings. The molecule has 0 aliphatic heterocycles. The summed E-state index contributed by atoms with van der Waals surface area (Å²) < 4.78 is 0. The summed E-state index contributed by atoms with van der Waals surface area (Å²) in [6.07, 6.45) is 0.697. The molecule has 1 aromatic carbocycles. The van der Waals surface area contributed by atoms with E-state index in [9.17, 15) is 4.79 Å². The summed E-state index contributed by atoms with van der Waals surface area (Å²) in [5.41, 5.74) is 13.1. The second-order valence-corrected chi connectivity index (χ2v) is 4.70. The normalized spacial score (nSPS) is 12.5. The molecule has 0 heterocycles. The van der Waals surface area contributed by atoms with Gasteiger partial charge < -0.3 is 16.8 Å². The highest BCUT2D eigenvalue weighted by Crippen LogP contribution is 2.07. The zero-order chi connectivity index (χ0) is 12.8. The van der Waals surface area contributed by atoms with Crippen molar-refractivity contribution in [3.05, 3.63) is 29.8 Å². The van der Waals surface area contributed by atoms with Crippen LogP contribution in [0.4, 0.5) is 5.69 Å². The lowest BCUT2D eigenvalue weighted by molar-refractivity contribution is -0.122. The van der Waals surface area contributed by atoms with Crippen molar-refractivity contribution in [2.45, 2.75) is 32.9 Å². The predicted molar refractivity (Wildman–Crippen MR) is 70.1 cm³/mol. The summed E-state index contributed by atoms with van der Waals surface area (Å²) in [6, 6.07) is 7.01. The van der Waals surface area contributed by atoms with Gasteiger partial charge in [0.05, 0.1) is 6.04 Å². The third kappa shape index (κ3) is 4.87. The van der Waals surface area contributed by atoms with Gasteiger partial charge in [0, 0.05) is 12.2 Å². The van der Waals surface area contributed by atoms with Gasteiger partial charge in [0.2, 0.25) is 5.91 Å². The maximum Gasteiger partial charge on any atom is 0.237 e. The predicted octanol–water partition coefficient (Wildman–Crippen LogP) is 1.26. The van der Waals surface area contributed by atoms with Crippen LogP contribution >= 0.6 is 0 Å². The number of nitrogen functional groups attached to an aromatic ring is 1. The molecular formula is C13H21N3O. The van der Waals surface area contributed by atoms with E-state index in [0.717, 1.165) is 5.56 Å². The van der Waals surface area contributed by atoms with Gasteiger partial charge in [0.1, 0.15) is 0 Å². The Morgan fingerprint density at radius 2 is 2.12 bits per heavy atom. The molecule has 0 aliphatic carbocycles. The maximum atomic E-state index is 11.7. The summed E-state index contributed by atoms with van der Waals surface area (Å²) in [4.78, 5) is 11.7. The highest BCUT2D eigenvalue weighted by Gasteiger charge is 2.14. The minimum Gasteiger partial charge on any atom is -0.399 e. The minimum absolute atomic E-state index is 0.110. The van der Waals surface area contributed by atoms with E-state index < -0.39 is 6.04 Å². The van der Waals surface area contributed by atoms with Gasteiger partial charge in [-0.1, -0.05) is 26.0 Å². The molecular weight excluding hydrogens is 214 g/mol. The average molecular weight is 235 g/mol. The smallest absolute Gasteiger partial charge is 0.237 e. The first kappa shape index (κ1) is 13.5. The number of hydrogen-bond acceptors (Lipinski definition) is 3. The van der Waals surface area contributed by atoms with E-state index in [1.807, 2.05) is 38.1 Å². The van der Waals surface area contributed by atoms with Crippen LogP contribution in [0.15, 0.2) is 24.3 Å². The molecule has 0 spiro atoms. The SMILES string of the molecule is CC(C)C[C@H](N)C(=O)NCc1cccc(N)c1. The maximum absolute atomic E-state index is 11.7. The van der Waals surface area contributed by atoms with Crippen molar-refractivity contribution in [1.29, 1.82) is 0 Å². The molecule has 0 radical (unpaired) electrons. The van der Waals surface area contributed by atoms with Crippen LogP contribution in [0.5, 0.6) is 0 Å². The Hall–Kier alpha value is -1.55. The number of hydrogen-bond donors (Lipinski definition) is 3. The summed E-state index contributed by atoms with van der Waals surface area (Å²) in [7, 11) is 0. The first-order valence-electron chi connectivity index (χ1n) is 5.86. The number of carbonyl (C=O) groups excluding carboxylic acids is 1. The Bertz CT molecular complexity index is 377. The van der Waals surface area contributed by atoms with Gasteiger partial charge >= 0.3 is 0 Å². The Labute approximate surface area is 102 Å². The summed E-state index contributed by atoms with van der Waals surface area (Å²) in [6.45, 7) is 4.56. The standard InChI is InChI=1S/C13H21N3O/c1-9(2)6-12(15)13(17)16-8-10-4-3-5-11(14)7-10/h3-5,7,9,12H,6,8,14-15H2,1-2H3,(H,16,17)/t12-/m0/s1. The Morgan fingerprint density at radius 3 is 2.71 bits per heavy atom. The van der Waals surface area contributed by atoms with Crippen LogP contribution in [0.25, 0.3) is 0 Å². The fourth-order valence-corrected chi connectivity index (χ4v) is 1.64. The molecule has 17 heavy (non-hydrogen) atoms. The van der Waals surface area contributed by atoms with Crippen LogP contribution in [0, 0.1) is 5.92 Å². The molecule has 0 fully saturated rings. The lowest BCUT2D eigenvalue weighted by Gasteiger charge is -2.14. The molecule has 0 saturated carbocycles. The summed E-state index contributed by atoms with van der Waals surface area (Å²) in [5, 5.41) is 2.81. The highest BCUT2D eigenvalue weighted by atomic mass is 16.2. The first-order chi connectivity index (χ1) is 7.99. The third-order valence-electron chi connectivity index (χ3n) is 2.48. The van der Waals surface area contributed by atoms with Crippen molar-refractivity contribution >= 4 is 11.6 Å². The topological polar surface area (TPSA) is 81.1 Å². The minimum atomic E-state index is -0.434. The van der Waals surface area contributed by atoms with E-state index >= 15 is 0 Å². The fourth-order valence-electron chi connectivity index (χ4n) is 1.64. The van der Waals surface area contributed by atoms with Crippen molar-refractivity contribution in [3.63, 3.8) is 0 Å². The van der Waals surface area contributed by atoms with Crippen molar-refractivity contribution in [3.8, 4) is 0 Å². The molecule has 4 heteroatoms. The molecule has 5 N–H and O–H groups in total. The van der Waals surface area contributed by atoms with E-state index in [0.29, 0.717) is 24.6 Å². The van der Waals surface area contributed by atoms with Crippen LogP contribution < -0.4 is 16.8 Å². The lowest BCUT2D eigenvalue weighted by atomic mass is 10.0. The first-order valence-corrected chi connectivity index (χ1v) is 5.86. The quantitative estimate of drug-likeness (QED) is 0.672. The highest BCUT2D eigenvalue weighted by molar-refractivity contribution is 5.81. The van der Waals surface area contributed by atoms with Crippen molar-refractivity contribution < 1.29 is 4.79 Å². The molecule has 1 atom stereocenters. The molecule has 0 aromatic heterocycles. The number of rotatable bonds is 5. The van der Waals surface area contributed by atoms with Gasteiger partial charge in [-0.25, -0.2) is 0 Å². The second-order valence-electron chi connectivity index (χ2n) is 4.70. The van der Waals surface area contributed by atoms with Crippen LogP contribution in [0.1, 0.15) is 25.8 Å². The zero-order valence-corrected chi connectivity index (χ0v) is 10.4. The third-order valence-corrected chi connectivity index (χ3v) is 2.48. The zero-order valence-electron chi connectivity index (χ0n) is 10.4. The molecule has 4 nitrogen and oxygen atoms in total. The van der Waals surface area contributed by atoms with Crippen molar-refractivity contribution in [2.24, 2.45) is 11.7 Å².